The van der Waals surface area contributed by atoms with E-state index in [4.69, 9.17) is 11.6 Å². The molecule has 4 rings (SSSR count). The lowest BCUT2D eigenvalue weighted by molar-refractivity contribution is -0.139. The normalized spacial score (nSPS) is 21.2. The van der Waals surface area contributed by atoms with E-state index in [1.807, 2.05) is 50.2 Å². The number of carbonyl (C=O) groups excluding carboxylic acids is 2. The minimum atomic E-state index is -0.988. The Balaban J connectivity index is 1.81. The predicted molar refractivity (Wildman–Crippen MR) is 110 cm³/mol. The fourth-order valence-electron chi connectivity index (χ4n) is 3.87. The summed E-state index contributed by atoms with van der Waals surface area (Å²) in [5.41, 5.74) is 3.91. The Morgan fingerprint density at radius 1 is 1.22 bits per heavy atom. The van der Waals surface area contributed by atoms with Gasteiger partial charge in [0.25, 0.3) is 5.91 Å². The molecule has 0 radical (unpaired) electrons. The van der Waals surface area contributed by atoms with Crippen LogP contribution >= 0.6 is 23.4 Å². The summed E-state index contributed by atoms with van der Waals surface area (Å²) in [6.07, 6.45) is 0.378. The molecule has 2 aromatic carbocycles. The van der Waals surface area contributed by atoms with Gasteiger partial charge < -0.3 is 9.80 Å². The zero-order valence-electron chi connectivity index (χ0n) is 15.4. The quantitative estimate of drug-likeness (QED) is 0.769. The Kier molecular flexibility index (Phi) is 4.68. The summed E-state index contributed by atoms with van der Waals surface area (Å²) in [7, 11) is 0. The van der Waals surface area contributed by atoms with Crippen LogP contribution in [0.4, 0.5) is 5.69 Å². The molecule has 2 aliphatic heterocycles. The Morgan fingerprint density at radius 3 is 2.67 bits per heavy atom. The zero-order valence-corrected chi connectivity index (χ0v) is 16.9. The maximum Gasteiger partial charge on any atom is 0.268 e. The fourth-order valence-corrected chi connectivity index (χ4v) is 5.51. The number of amides is 2. The molecule has 2 heterocycles. The van der Waals surface area contributed by atoms with Gasteiger partial charge in [-0.3, -0.25) is 9.59 Å². The van der Waals surface area contributed by atoms with Crippen LogP contribution in [0.15, 0.2) is 42.5 Å². The minimum Gasteiger partial charge on any atom is -0.315 e. The first-order chi connectivity index (χ1) is 13.0. The van der Waals surface area contributed by atoms with Gasteiger partial charge in [-0.15, -0.1) is 11.8 Å². The molecule has 0 saturated carbocycles. The van der Waals surface area contributed by atoms with Gasteiger partial charge in [0.1, 0.15) is 0 Å². The number of hydrogen-bond acceptors (Lipinski definition) is 3. The molecule has 0 bridgehead atoms. The number of rotatable bonds is 3. The molecule has 1 spiro atoms. The van der Waals surface area contributed by atoms with E-state index in [0.29, 0.717) is 24.5 Å². The van der Waals surface area contributed by atoms with Crippen molar-refractivity contribution in [1.82, 2.24) is 4.90 Å². The smallest absolute Gasteiger partial charge is 0.268 e. The number of fused-ring (bicyclic) bond motifs is 2. The zero-order chi connectivity index (χ0) is 19.2. The number of aryl methyl sites for hydroxylation is 1. The van der Waals surface area contributed by atoms with Crippen LogP contribution in [0.1, 0.15) is 30.0 Å². The van der Waals surface area contributed by atoms with Gasteiger partial charge in [0.2, 0.25) is 5.91 Å². The third kappa shape index (κ3) is 2.84. The van der Waals surface area contributed by atoms with Crippen molar-refractivity contribution in [2.75, 3.05) is 17.2 Å². The molecule has 6 heteroatoms. The molecule has 2 aliphatic rings. The molecule has 4 nitrogen and oxygen atoms in total. The summed E-state index contributed by atoms with van der Waals surface area (Å²) in [6, 6.07) is 13.7. The van der Waals surface area contributed by atoms with Crippen molar-refractivity contribution >= 4 is 40.9 Å². The second kappa shape index (κ2) is 6.88. The fraction of sp³-hybridized carbons (Fsp3) is 0.333. The van der Waals surface area contributed by atoms with Crippen LogP contribution < -0.4 is 4.90 Å². The number of halogens is 1. The number of carbonyl (C=O) groups is 2. The second-order valence-electron chi connectivity index (χ2n) is 6.93. The molecule has 2 aromatic rings. The van der Waals surface area contributed by atoms with Gasteiger partial charge in [-0.2, -0.15) is 0 Å². The lowest BCUT2D eigenvalue weighted by Crippen LogP contribution is -2.50. The first kappa shape index (κ1) is 18.4. The van der Waals surface area contributed by atoms with E-state index in [0.717, 1.165) is 22.6 Å². The molecule has 0 N–H and O–H groups in total. The maximum absolute atomic E-state index is 13.7. The topological polar surface area (TPSA) is 40.6 Å². The lowest BCUT2D eigenvalue weighted by Gasteiger charge is -2.33. The van der Waals surface area contributed by atoms with Crippen molar-refractivity contribution in [1.29, 1.82) is 0 Å². The Bertz CT molecular complexity index is 915. The molecule has 140 valence electrons. The lowest BCUT2D eigenvalue weighted by atomic mass is 10.1. The van der Waals surface area contributed by atoms with Crippen molar-refractivity contribution in [2.45, 2.75) is 31.7 Å². The Hall–Kier alpha value is -1.98. The molecule has 2 amide bonds. The van der Waals surface area contributed by atoms with Gasteiger partial charge in [-0.1, -0.05) is 48.4 Å². The van der Waals surface area contributed by atoms with Gasteiger partial charge in [-0.25, -0.2) is 0 Å². The molecule has 1 saturated heterocycles. The second-order valence-corrected chi connectivity index (χ2v) is 8.65. The highest BCUT2D eigenvalue weighted by Crippen LogP contribution is 2.55. The molecular weight excluding hydrogens is 380 g/mol. The SMILES string of the molecule is CCC(=O)N1CCS[C@]12C(=O)N(Cc1ccc(C)cc1)c1ccc(Cl)cc12. The summed E-state index contributed by atoms with van der Waals surface area (Å²) in [6.45, 7) is 4.93. The molecule has 1 fully saturated rings. The minimum absolute atomic E-state index is 0.00328. The maximum atomic E-state index is 13.7. The third-order valence-electron chi connectivity index (χ3n) is 5.22. The summed E-state index contributed by atoms with van der Waals surface area (Å²) in [5, 5.41) is 0.578. The van der Waals surface area contributed by atoms with E-state index >= 15 is 0 Å². The third-order valence-corrected chi connectivity index (χ3v) is 6.87. The predicted octanol–water partition coefficient (Wildman–Crippen LogP) is 4.33. The summed E-state index contributed by atoms with van der Waals surface area (Å²) >= 11 is 7.81. The van der Waals surface area contributed by atoms with Gasteiger partial charge >= 0.3 is 0 Å². The van der Waals surface area contributed by atoms with E-state index < -0.39 is 4.87 Å². The number of anilines is 1. The standard InChI is InChI=1S/C21H21ClN2O2S/c1-3-19(25)24-10-11-27-21(24)17-12-16(22)8-9-18(17)23(20(21)26)13-15-6-4-14(2)5-7-15/h4-9,12H,3,10-11,13H2,1-2H3/t21-/m1/s1. The van der Waals surface area contributed by atoms with E-state index in [1.165, 1.54) is 17.3 Å². The monoisotopic (exact) mass is 400 g/mol. The average molecular weight is 401 g/mol. The number of benzene rings is 2. The highest BCUT2D eigenvalue weighted by atomic mass is 35.5. The van der Waals surface area contributed by atoms with Crippen molar-refractivity contribution in [3.05, 3.63) is 64.2 Å². The van der Waals surface area contributed by atoms with Crippen molar-refractivity contribution in [3.8, 4) is 0 Å². The van der Waals surface area contributed by atoms with Gasteiger partial charge in [0.05, 0.1) is 12.2 Å². The van der Waals surface area contributed by atoms with Crippen LogP contribution in [-0.4, -0.2) is 29.0 Å². The molecule has 0 unspecified atom stereocenters. The molecule has 0 aliphatic carbocycles. The van der Waals surface area contributed by atoms with Crippen LogP contribution in [0.25, 0.3) is 0 Å². The first-order valence-electron chi connectivity index (χ1n) is 9.09. The molecular formula is C21H21ClN2O2S. The van der Waals surface area contributed by atoms with E-state index in [-0.39, 0.29) is 11.8 Å². The van der Waals surface area contributed by atoms with Gasteiger partial charge in [0.15, 0.2) is 4.87 Å². The summed E-state index contributed by atoms with van der Waals surface area (Å²) in [4.78, 5) is 28.8. The van der Waals surface area contributed by atoms with Crippen LogP contribution in [0, 0.1) is 6.92 Å². The largest absolute Gasteiger partial charge is 0.315 e. The van der Waals surface area contributed by atoms with Crippen LogP contribution in [0.5, 0.6) is 0 Å². The van der Waals surface area contributed by atoms with E-state index in [9.17, 15) is 9.59 Å². The first-order valence-corrected chi connectivity index (χ1v) is 10.5. The molecule has 1 atom stereocenters. The van der Waals surface area contributed by atoms with Crippen LogP contribution in [0.2, 0.25) is 5.02 Å². The number of thioether (sulfide) groups is 1. The molecule has 27 heavy (non-hydrogen) atoms. The van der Waals surface area contributed by atoms with E-state index in [1.54, 1.807) is 15.9 Å². The van der Waals surface area contributed by atoms with Gasteiger partial charge in [-0.05, 0) is 30.7 Å². The Labute approximate surface area is 168 Å². The van der Waals surface area contributed by atoms with Crippen LogP contribution in [0.3, 0.4) is 0 Å². The van der Waals surface area contributed by atoms with E-state index in [2.05, 4.69) is 0 Å². The summed E-state index contributed by atoms with van der Waals surface area (Å²) < 4.78 is 0. The number of hydrogen-bond donors (Lipinski definition) is 0. The van der Waals surface area contributed by atoms with Crippen LogP contribution in [-0.2, 0) is 21.0 Å². The highest BCUT2D eigenvalue weighted by molar-refractivity contribution is 8.01. The van der Waals surface area contributed by atoms with Crippen molar-refractivity contribution < 1.29 is 9.59 Å². The summed E-state index contributed by atoms with van der Waals surface area (Å²) in [5.74, 6) is 0.683. The molecule has 0 aromatic heterocycles. The Morgan fingerprint density at radius 2 is 1.96 bits per heavy atom. The number of nitrogens with zero attached hydrogens (tertiary/aromatic N) is 2. The average Bonchev–Trinajstić information content (AvgIpc) is 3.20. The van der Waals surface area contributed by atoms with Crippen molar-refractivity contribution in [3.63, 3.8) is 0 Å². The highest BCUT2D eigenvalue weighted by Gasteiger charge is 2.59. The van der Waals surface area contributed by atoms with Gasteiger partial charge in [0, 0.05) is 29.3 Å². The van der Waals surface area contributed by atoms with Crippen molar-refractivity contribution in [2.24, 2.45) is 0 Å².